The molecule has 22 heavy (non-hydrogen) atoms. The molecule has 0 saturated carbocycles. The first-order valence-corrected chi connectivity index (χ1v) is 8.17. The Morgan fingerprint density at radius 3 is 2.36 bits per heavy atom. The predicted octanol–water partition coefficient (Wildman–Crippen LogP) is 4.40. The molecule has 0 unspecified atom stereocenters. The average molecular weight is 307 g/mol. The summed E-state index contributed by atoms with van der Waals surface area (Å²) in [7, 11) is 0. The van der Waals surface area contributed by atoms with Gasteiger partial charge in [-0.3, -0.25) is 4.79 Å². The Morgan fingerprint density at radius 1 is 1.23 bits per heavy atom. The first-order valence-electron chi connectivity index (χ1n) is 8.17. The third-order valence-corrected chi connectivity index (χ3v) is 3.69. The number of nitrogens with one attached hydrogen (secondary N) is 1. The van der Waals surface area contributed by atoms with Gasteiger partial charge in [0, 0.05) is 12.3 Å². The minimum atomic E-state index is -0.782. The smallest absolute Gasteiger partial charge is 0.256 e. The van der Waals surface area contributed by atoms with Gasteiger partial charge in [-0.15, -0.1) is 0 Å². The van der Waals surface area contributed by atoms with Crippen molar-refractivity contribution in [1.29, 1.82) is 0 Å². The zero-order valence-corrected chi connectivity index (χ0v) is 14.4. The molecule has 1 aromatic rings. The second kappa shape index (κ2) is 8.79. The van der Waals surface area contributed by atoms with E-state index in [9.17, 15) is 4.79 Å². The lowest BCUT2D eigenvalue weighted by Gasteiger charge is -2.27. The maximum Gasteiger partial charge on any atom is 0.256 e. The van der Waals surface area contributed by atoms with Crippen LogP contribution in [-0.2, 0) is 9.53 Å². The van der Waals surface area contributed by atoms with Crippen LogP contribution >= 0.6 is 0 Å². The van der Waals surface area contributed by atoms with Crippen LogP contribution in [-0.4, -0.2) is 24.2 Å². The van der Waals surface area contributed by atoms with Crippen LogP contribution in [0, 0.1) is 0 Å². The van der Waals surface area contributed by atoms with Crippen molar-refractivity contribution in [3.05, 3.63) is 24.3 Å². The number of benzene rings is 1. The van der Waals surface area contributed by atoms with Gasteiger partial charge in [-0.25, -0.2) is 0 Å². The zero-order valence-electron chi connectivity index (χ0n) is 14.4. The summed E-state index contributed by atoms with van der Waals surface area (Å²) >= 11 is 0. The molecule has 0 bridgehead atoms. The summed E-state index contributed by atoms with van der Waals surface area (Å²) in [6.07, 6.45) is 2.74. The number of hydrogen-bond donors (Lipinski definition) is 1. The summed E-state index contributed by atoms with van der Waals surface area (Å²) in [4.78, 5) is 12.5. The van der Waals surface area contributed by atoms with Crippen LogP contribution in [0.3, 0.4) is 0 Å². The Balaban J connectivity index is 2.71. The number of amides is 1. The highest BCUT2D eigenvalue weighted by Crippen LogP contribution is 2.22. The minimum absolute atomic E-state index is 0.105. The largest absolute Gasteiger partial charge is 0.491 e. The highest BCUT2D eigenvalue weighted by Gasteiger charge is 2.32. The van der Waals surface area contributed by atoms with E-state index in [4.69, 9.17) is 9.47 Å². The summed E-state index contributed by atoms with van der Waals surface area (Å²) in [5, 5.41) is 2.93. The predicted molar refractivity (Wildman–Crippen MR) is 90.4 cm³/mol. The van der Waals surface area contributed by atoms with E-state index in [1.54, 1.807) is 0 Å². The van der Waals surface area contributed by atoms with Crippen LogP contribution in [0.5, 0.6) is 5.75 Å². The fourth-order valence-corrected chi connectivity index (χ4v) is 2.24. The summed E-state index contributed by atoms with van der Waals surface area (Å²) in [5.41, 5.74) is -0.0291. The van der Waals surface area contributed by atoms with Gasteiger partial charge in [0.25, 0.3) is 5.91 Å². The lowest BCUT2D eigenvalue weighted by atomic mass is 9.99. The molecule has 0 aliphatic carbocycles. The zero-order chi connectivity index (χ0) is 16.6. The van der Waals surface area contributed by atoms with Crippen molar-refractivity contribution in [1.82, 2.24) is 0 Å². The van der Waals surface area contributed by atoms with Gasteiger partial charge in [0.15, 0.2) is 0 Å². The standard InChI is InChI=1S/C18H29NO3/c1-6-13-18(5,21-8-3)17(20)19-15-9-11-16(12-10-15)22-14(4)7-2/h9-12,14H,6-8,13H2,1-5H3,(H,19,20)/t14-,18-/m1/s1. The van der Waals surface area contributed by atoms with E-state index in [-0.39, 0.29) is 12.0 Å². The minimum Gasteiger partial charge on any atom is -0.491 e. The van der Waals surface area contributed by atoms with Crippen LogP contribution in [0.1, 0.15) is 53.9 Å². The summed E-state index contributed by atoms with van der Waals surface area (Å²) in [6, 6.07) is 7.46. The van der Waals surface area contributed by atoms with Gasteiger partial charge >= 0.3 is 0 Å². The average Bonchev–Trinajstić information content (AvgIpc) is 2.49. The van der Waals surface area contributed by atoms with E-state index < -0.39 is 5.60 Å². The molecule has 1 amide bonds. The molecule has 4 heteroatoms. The molecule has 1 aromatic carbocycles. The second-order valence-corrected chi connectivity index (χ2v) is 5.73. The molecule has 1 rings (SSSR count). The van der Waals surface area contributed by atoms with Crippen molar-refractivity contribution in [3.63, 3.8) is 0 Å². The van der Waals surface area contributed by atoms with E-state index in [1.807, 2.05) is 52.0 Å². The van der Waals surface area contributed by atoms with Gasteiger partial charge in [0.05, 0.1) is 6.10 Å². The Kier molecular flexibility index (Phi) is 7.39. The SMILES string of the molecule is CCC[C@@](C)(OCC)C(=O)Nc1ccc(O[C@H](C)CC)cc1. The van der Waals surface area contributed by atoms with Crippen molar-refractivity contribution in [3.8, 4) is 5.75 Å². The Morgan fingerprint density at radius 2 is 1.86 bits per heavy atom. The van der Waals surface area contributed by atoms with Crippen LogP contribution < -0.4 is 10.1 Å². The molecule has 0 spiro atoms. The molecular weight excluding hydrogens is 278 g/mol. The first kappa shape index (κ1) is 18.5. The van der Waals surface area contributed by atoms with Crippen LogP contribution in [0.4, 0.5) is 5.69 Å². The molecule has 4 nitrogen and oxygen atoms in total. The van der Waals surface area contributed by atoms with Crippen LogP contribution in [0.2, 0.25) is 0 Å². The second-order valence-electron chi connectivity index (χ2n) is 5.73. The highest BCUT2D eigenvalue weighted by molar-refractivity contribution is 5.97. The number of ether oxygens (including phenoxy) is 2. The van der Waals surface area contributed by atoms with E-state index >= 15 is 0 Å². The lowest BCUT2D eigenvalue weighted by Crippen LogP contribution is -2.42. The summed E-state index contributed by atoms with van der Waals surface area (Å²) in [5.74, 6) is 0.709. The van der Waals surface area contributed by atoms with Gasteiger partial charge in [0.1, 0.15) is 11.4 Å². The van der Waals surface area contributed by atoms with Gasteiger partial charge in [-0.05, 0) is 57.9 Å². The maximum atomic E-state index is 12.5. The van der Waals surface area contributed by atoms with E-state index in [0.29, 0.717) is 13.0 Å². The monoisotopic (exact) mass is 307 g/mol. The molecule has 0 aliphatic heterocycles. The van der Waals surface area contributed by atoms with Gasteiger partial charge in [-0.2, -0.15) is 0 Å². The van der Waals surface area contributed by atoms with E-state index in [0.717, 1.165) is 24.3 Å². The van der Waals surface area contributed by atoms with Crippen LogP contribution in [0.15, 0.2) is 24.3 Å². The quantitative estimate of drug-likeness (QED) is 0.735. The lowest BCUT2D eigenvalue weighted by molar-refractivity contribution is -0.139. The maximum absolute atomic E-state index is 12.5. The molecule has 0 aliphatic rings. The van der Waals surface area contributed by atoms with E-state index in [1.165, 1.54) is 0 Å². The van der Waals surface area contributed by atoms with Crippen molar-refractivity contribution >= 4 is 11.6 Å². The first-order chi connectivity index (χ1) is 10.4. The van der Waals surface area contributed by atoms with Crippen molar-refractivity contribution in [2.45, 2.75) is 65.6 Å². The van der Waals surface area contributed by atoms with Gasteiger partial charge < -0.3 is 14.8 Å². The van der Waals surface area contributed by atoms with Crippen molar-refractivity contribution in [2.24, 2.45) is 0 Å². The fraction of sp³-hybridized carbons (Fsp3) is 0.611. The summed E-state index contributed by atoms with van der Waals surface area (Å²) < 4.78 is 11.4. The third-order valence-electron chi connectivity index (χ3n) is 3.69. The summed E-state index contributed by atoms with van der Waals surface area (Å²) in [6.45, 7) is 10.4. The van der Waals surface area contributed by atoms with Crippen LogP contribution in [0.25, 0.3) is 0 Å². The van der Waals surface area contributed by atoms with Gasteiger partial charge in [0.2, 0.25) is 0 Å². The molecule has 0 aromatic heterocycles. The van der Waals surface area contributed by atoms with Crippen molar-refractivity contribution in [2.75, 3.05) is 11.9 Å². The molecule has 2 atom stereocenters. The Bertz CT molecular complexity index is 450. The fourth-order valence-electron chi connectivity index (χ4n) is 2.24. The molecule has 0 heterocycles. The molecule has 124 valence electrons. The Hall–Kier alpha value is -1.55. The molecule has 0 radical (unpaired) electrons. The number of carbonyl (C=O) groups excluding carboxylic acids is 1. The number of anilines is 1. The third kappa shape index (κ3) is 5.34. The Labute approximate surface area is 134 Å². The molecular formula is C18H29NO3. The normalized spacial score (nSPS) is 15.0. The number of rotatable bonds is 9. The molecule has 1 N–H and O–H groups in total. The molecule has 0 fully saturated rings. The number of hydrogen-bond acceptors (Lipinski definition) is 3. The van der Waals surface area contributed by atoms with E-state index in [2.05, 4.69) is 12.2 Å². The highest BCUT2D eigenvalue weighted by atomic mass is 16.5. The van der Waals surface area contributed by atoms with Gasteiger partial charge in [-0.1, -0.05) is 20.3 Å². The van der Waals surface area contributed by atoms with Crippen molar-refractivity contribution < 1.29 is 14.3 Å². The topological polar surface area (TPSA) is 47.6 Å². The molecule has 0 saturated heterocycles. The number of carbonyl (C=O) groups is 1.